The largest absolute Gasteiger partial charge is 0.523 e. The van der Waals surface area contributed by atoms with Crippen LogP contribution < -0.4 is 0 Å². The highest BCUT2D eigenvalue weighted by Crippen LogP contribution is 2.24. The number of hydrogen-bond acceptors (Lipinski definition) is 4. The molecular formula is C7H15F3O4S. The van der Waals surface area contributed by atoms with Crippen molar-refractivity contribution in [2.45, 2.75) is 32.2 Å². The van der Waals surface area contributed by atoms with Gasteiger partial charge in [-0.25, -0.2) is 0 Å². The molecule has 0 spiro atoms. The van der Waals surface area contributed by atoms with E-state index in [0.29, 0.717) is 6.61 Å². The van der Waals surface area contributed by atoms with Crippen LogP contribution in [0.4, 0.5) is 13.2 Å². The van der Waals surface area contributed by atoms with Crippen molar-refractivity contribution in [3.05, 3.63) is 0 Å². The zero-order chi connectivity index (χ0) is 12.5. The second kappa shape index (κ2) is 7.89. The molecule has 0 radical (unpaired) electrons. The summed E-state index contributed by atoms with van der Waals surface area (Å²) in [6.07, 6.45) is 1.09. The molecule has 0 aliphatic heterocycles. The topological polar surface area (TPSA) is 63.6 Å². The predicted molar refractivity (Wildman–Crippen MR) is 48.6 cm³/mol. The van der Waals surface area contributed by atoms with Crippen LogP contribution in [0.2, 0.25) is 0 Å². The molecule has 0 saturated carbocycles. The molecule has 1 N–H and O–H groups in total. The minimum atomic E-state index is -5.36. The molecule has 0 unspecified atom stereocenters. The first-order valence-corrected chi connectivity index (χ1v) is 5.70. The smallest absolute Gasteiger partial charge is 0.396 e. The zero-order valence-electron chi connectivity index (χ0n) is 8.54. The summed E-state index contributed by atoms with van der Waals surface area (Å²) in [7, 11) is -5.36. The van der Waals surface area contributed by atoms with Crippen molar-refractivity contribution in [3.63, 3.8) is 0 Å². The number of hydrogen-bond donors (Lipinski definition) is 1. The molecule has 0 aliphatic rings. The average molecular weight is 252 g/mol. The van der Waals surface area contributed by atoms with Crippen molar-refractivity contribution in [1.82, 2.24) is 0 Å². The molecule has 0 aromatic rings. The van der Waals surface area contributed by atoms with E-state index in [1.165, 1.54) is 6.92 Å². The Kier molecular flexibility index (Phi) is 8.98. The molecule has 4 nitrogen and oxygen atoms in total. The maximum absolute atomic E-state index is 11.4. The van der Waals surface area contributed by atoms with E-state index >= 15 is 0 Å². The van der Waals surface area contributed by atoms with Crippen LogP contribution in [0.15, 0.2) is 0 Å². The lowest BCUT2D eigenvalue weighted by atomic mass is 10.5. The number of aliphatic hydroxyl groups excluding tert-OH is 1. The van der Waals surface area contributed by atoms with E-state index in [1.807, 2.05) is 6.92 Å². The van der Waals surface area contributed by atoms with Gasteiger partial charge < -0.3 is 5.11 Å². The quantitative estimate of drug-likeness (QED) is 0.610. The lowest BCUT2D eigenvalue weighted by Crippen LogP contribution is -2.25. The number of rotatable bonds is 4. The Hall–Kier alpha value is -0.340. The molecule has 8 heteroatoms. The lowest BCUT2D eigenvalue weighted by Gasteiger charge is -2.06. The van der Waals surface area contributed by atoms with E-state index in [0.717, 1.165) is 6.42 Å². The summed E-state index contributed by atoms with van der Waals surface area (Å²) in [4.78, 5) is 0. The highest BCUT2D eigenvalue weighted by atomic mass is 32.2. The molecule has 0 aromatic carbocycles. The fraction of sp³-hybridized carbons (Fsp3) is 1.00. The summed E-state index contributed by atoms with van der Waals surface area (Å²) in [5.41, 5.74) is -5.30. The van der Waals surface area contributed by atoms with Crippen molar-refractivity contribution in [1.29, 1.82) is 0 Å². The molecule has 0 heterocycles. The maximum atomic E-state index is 11.4. The molecule has 0 atom stereocenters. The van der Waals surface area contributed by atoms with Crippen LogP contribution in [0.3, 0.4) is 0 Å². The predicted octanol–water partition coefficient (Wildman–Crippen LogP) is 1.65. The Bertz CT molecular complexity index is 233. The third-order valence-electron chi connectivity index (χ3n) is 0.950. The Morgan fingerprint density at radius 1 is 1.20 bits per heavy atom. The average Bonchev–Trinajstić information content (AvgIpc) is 2.13. The van der Waals surface area contributed by atoms with Gasteiger partial charge in [0.25, 0.3) is 0 Å². The minimum Gasteiger partial charge on any atom is -0.396 e. The molecule has 0 amide bonds. The molecule has 0 saturated heterocycles. The summed E-state index contributed by atoms with van der Waals surface area (Å²) >= 11 is 0. The van der Waals surface area contributed by atoms with Crippen LogP contribution >= 0.6 is 0 Å². The van der Waals surface area contributed by atoms with E-state index < -0.39 is 22.2 Å². The first-order chi connectivity index (χ1) is 6.72. The molecule has 0 bridgehead atoms. The van der Waals surface area contributed by atoms with E-state index in [4.69, 9.17) is 5.11 Å². The van der Waals surface area contributed by atoms with Gasteiger partial charge in [0.2, 0.25) is 0 Å². The SMILES string of the molecule is CCCO.CCCOS(=O)(=O)C(F)(F)F. The number of halogens is 3. The van der Waals surface area contributed by atoms with Crippen molar-refractivity contribution in [3.8, 4) is 0 Å². The summed E-state index contributed by atoms with van der Waals surface area (Å²) in [5, 5.41) is 7.88. The highest BCUT2D eigenvalue weighted by molar-refractivity contribution is 7.87. The fourth-order valence-corrected chi connectivity index (χ4v) is 0.780. The minimum absolute atomic E-state index is 0.218. The lowest BCUT2D eigenvalue weighted by molar-refractivity contribution is -0.0542. The molecule has 0 fully saturated rings. The van der Waals surface area contributed by atoms with Gasteiger partial charge >= 0.3 is 15.6 Å². The second-order valence-corrected chi connectivity index (χ2v) is 4.05. The molecular weight excluding hydrogens is 237 g/mol. The summed E-state index contributed by atoms with van der Waals surface area (Å²) < 4.78 is 58.0. The van der Waals surface area contributed by atoms with Crippen LogP contribution in [-0.4, -0.2) is 32.2 Å². The van der Waals surface area contributed by atoms with Gasteiger partial charge in [0.05, 0.1) is 6.61 Å². The third kappa shape index (κ3) is 8.64. The van der Waals surface area contributed by atoms with E-state index in [9.17, 15) is 21.6 Å². The van der Waals surface area contributed by atoms with Gasteiger partial charge in [-0.1, -0.05) is 13.8 Å². The van der Waals surface area contributed by atoms with Gasteiger partial charge in [0.15, 0.2) is 0 Å². The van der Waals surface area contributed by atoms with Gasteiger partial charge in [-0.15, -0.1) is 0 Å². The van der Waals surface area contributed by atoms with Gasteiger partial charge in [0.1, 0.15) is 0 Å². The monoisotopic (exact) mass is 252 g/mol. The second-order valence-electron chi connectivity index (χ2n) is 2.45. The van der Waals surface area contributed by atoms with E-state index in [2.05, 4.69) is 4.18 Å². The molecule has 0 aromatic heterocycles. The van der Waals surface area contributed by atoms with Crippen molar-refractivity contribution in [2.24, 2.45) is 0 Å². The first kappa shape index (κ1) is 17.1. The van der Waals surface area contributed by atoms with Crippen LogP contribution in [-0.2, 0) is 14.3 Å². The molecule has 0 rings (SSSR count). The molecule has 0 aliphatic carbocycles. The number of alkyl halides is 3. The van der Waals surface area contributed by atoms with Crippen molar-refractivity contribution >= 4 is 10.1 Å². The van der Waals surface area contributed by atoms with Crippen molar-refractivity contribution < 1.29 is 30.9 Å². The molecule has 94 valence electrons. The third-order valence-corrected chi connectivity index (χ3v) is 1.99. The Labute approximate surface area is 87.2 Å². The standard InChI is InChI=1S/C4H7F3O3S.C3H8O/c1-2-3-10-11(8,9)4(5,6)7;1-2-3-4/h2-3H2,1H3;4H,2-3H2,1H3. The van der Waals surface area contributed by atoms with Crippen LogP contribution in [0, 0.1) is 0 Å². The van der Waals surface area contributed by atoms with E-state index in [1.54, 1.807) is 0 Å². The molecule has 15 heavy (non-hydrogen) atoms. The van der Waals surface area contributed by atoms with Crippen LogP contribution in [0.1, 0.15) is 26.7 Å². The number of aliphatic hydroxyl groups is 1. The summed E-state index contributed by atoms with van der Waals surface area (Å²) in [5.74, 6) is 0. The van der Waals surface area contributed by atoms with E-state index in [-0.39, 0.29) is 6.42 Å². The van der Waals surface area contributed by atoms with Gasteiger partial charge in [-0.05, 0) is 12.8 Å². The van der Waals surface area contributed by atoms with Crippen LogP contribution in [0.25, 0.3) is 0 Å². The van der Waals surface area contributed by atoms with Gasteiger partial charge in [-0.2, -0.15) is 21.6 Å². The highest BCUT2D eigenvalue weighted by Gasteiger charge is 2.47. The van der Waals surface area contributed by atoms with Gasteiger partial charge in [-0.3, -0.25) is 4.18 Å². The van der Waals surface area contributed by atoms with Crippen molar-refractivity contribution in [2.75, 3.05) is 13.2 Å². The summed E-state index contributed by atoms with van der Waals surface area (Å²) in [6, 6.07) is 0. The normalized spacial score (nSPS) is 11.9. The van der Waals surface area contributed by atoms with Crippen LogP contribution in [0.5, 0.6) is 0 Å². The maximum Gasteiger partial charge on any atom is 0.523 e. The summed E-state index contributed by atoms with van der Waals surface area (Å²) in [6.45, 7) is 3.31. The Balaban J connectivity index is 0. The van der Waals surface area contributed by atoms with Gasteiger partial charge in [0, 0.05) is 6.61 Å². The first-order valence-electron chi connectivity index (χ1n) is 4.29. The fourth-order valence-electron chi connectivity index (χ4n) is 0.260. The Morgan fingerprint density at radius 2 is 1.60 bits per heavy atom. The zero-order valence-corrected chi connectivity index (χ0v) is 9.36. The Morgan fingerprint density at radius 3 is 1.80 bits per heavy atom.